The lowest BCUT2D eigenvalue weighted by molar-refractivity contribution is 0.102. The van der Waals surface area contributed by atoms with Crippen LogP contribution in [0, 0.1) is 6.92 Å². The highest BCUT2D eigenvalue weighted by atomic mass is 32.2. The summed E-state index contributed by atoms with van der Waals surface area (Å²) in [4.78, 5) is 21.4. The highest BCUT2D eigenvalue weighted by Crippen LogP contribution is 2.29. The molecule has 156 valence electrons. The molecule has 1 heterocycles. The summed E-state index contributed by atoms with van der Waals surface area (Å²) in [6, 6.07) is 15.1. The molecule has 0 bridgehead atoms. The Morgan fingerprint density at radius 2 is 1.70 bits per heavy atom. The van der Waals surface area contributed by atoms with Gasteiger partial charge >= 0.3 is 0 Å². The third-order valence-electron chi connectivity index (χ3n) is 3.96. The van der Waals surface area contributed by atoms with E-state index in [0.29, 0.717) is 29.1 Å². The van der Waals surface area contributed by atoms with Gasteiger partial charge in [0.2, 0.25) is 0 Å². The second-order valence-electron chi connectivity index (χ2n) is 6.25. The zero-order valence-electron chi connectivity index (χ0n) is 16.4. The van der Waals surface area contributed by atoms with E-state index in [1.54, 1.807) is 36.4 Å². The first kappa shape index (κ1) is 21.5. The molecule has 0 aliphatic carbocycles. The number of aryl methyl sites for hydroxylation is 1. The highest BCUT2D eigenvalue weighted by Gasteiger charge is 2.15. The van der Waals surface area contributed by atoms with Crippen molar-refractivity contribution in [3.05, 3.63) is 66.0 Å². The van der Waals surface area contributed by atoms with Gasteiger partial charge in [-0.15, -0.1) is 0 Å². The topological polar surface area (TPSA) is 78.9 Å². The number of rotatable bonds is 8. The monoisotopic (exact) mass is 429 g/mol. The number of alkyl halides is 2. The molecule has 30 heavy (non-hydrogen) atoms. The molecule has 3 aromatic rings. The summed E-state index contributed by atoms with van der Waals surface area (Å²) >= 11 is 0.352. The molecule has 0 aliphatic heterocycles. The normalized spacial score (nSPS) is 10.7. The first-order valence-corrected chi connectivity index (χ1v) is 10.1. The molecule has 0 saturated carbocycles. The fourth-order valence-electron chi connectivity index (χ4n) is 2.74. The summed E-state index contributed by atoms with van der Waals surface area (Å²) in [7, 11) is 0. The Hall–Kier alpha value is -3.20. The number of carbonyl (C=O) groups is 1. The van der Waals surface area contributed by atoms with E-state index in [1.807, 2.05) is 19.9 Å². The summed E-state index contributed by atoms with van der Waals surface area (Å²) in [5.74, 6) is -1.02. The van der Waals surface area contributed by atoms with Crippen molar-refractivity contribution >= 4 is 40.7 Å². The average molecular weight is 429 g/mol. The molecule has 0 saturated heterocycles. The fourth-order valence-corrected chi connectivity index (χ4v) is 3.38. The van der Waals surface area contributed by atoms with E-state index in [1.165, 1.54) is 12.1 Å². The van der Waals surface area contributed by atoms with Crippen LogP contribution in [0.5, 0.6) is 0 Å². The minimum absolute atomic E-state index is 0.206. The number of anilines is 4. The molecule has 0 atom stereocenters. The Labute approximate surface area is 177 Å². The van der Waals surface area contributed by atoms with Crippen molar-refractivity contribution in [3.8, 4) is 0 Å². The Balaban J connectivity index is 1.69. The van der Waals surface area contributed by atoms with E-state index in [-0.39, 0.29) is 10.5 Å². The van der Waals surface area contributed by atoms with Gasteiger partial charge in [-0.3, -0.25) is 4.79 Å². The van der Waals surface area contributed by atoms with Crippen molar-refractivity contribution < 1.29 is 13.6 Å². The van der Waals surface area contributed by atoms with E-state index < -0.39 is 11.7 Å². The smallest absolute Gasteiger partial charge is 0.288 e. The molecule has 0 spiro atoms. The number of nitrogens with zero attached hydrogens (tertiary/aromatic N) is 2. The zero-order valence-corrected chi connectivity index (χ0v) is 17.3. The molecule has 1 amide bonds. The number of hydrogen-bond donors (Lipinski definition) is 3. The molecular weight excluding hydrogens is 408 g/mol. The van der Waals surface area contributed by atoms with Crippen LogP contribution in [0.3, 0.4) is 0 Å². The molecule has 6 nitrogen and oxygen atoms in total. The van der Waals surface area contributed by atoms with Crippen LogP contribution < -0.4 is 16.0 Å². The lowest BCUT2D eigenvalue weighted by Crippen LogP contribution is -2.13. The molecule has 0 aliphatic rings. The van der Waals surface area contributed by atoms with Crippen LogP contribution in [0.15, 0.2) is 59.5 Å². The van der Waals surface area contributed by atoms with Crippen LogP contribution in [-0.4, -0.2) is 28.2 Å². The molecule has 0 radical (unpaired) electrons. The lowest BCUT2D eigenvalue weighted by Gasteiger charge is -2.11. The van der Waals surface area contributed by atoms with Crippen LogP contribution in [0.4, 0.5) is 31.8 Å². The lowest BCUT2D eigenvalue weighted by atomic mass is 10.2. The fraction of sp³-hybridized carbons (Fsp3) is 0.190. The van der Waals surface area contributed by atoms with Crippen LogP contribution >= 0.6 is 11.8 Å². The van der Waals surface area contributed by atoms with Crippen molar-refractivity contribution in [3.63, 3.8) is 0 Å². The van der Waals surface area contributed by atoms with Gasteiger partial charge in [0.05, 0.1) is 5.56 Å². The van der Waals surface area contributed by atoms with Gasteiger partial charge in [0, 0.05) is 28.9 Å². The average Bonchev–Trinajstić information content (AvgIpc) is 2.69. The van der Waals surface area contributed by atoms with Gasteiger partial charge in [0.25, 0.3) is 11.7 Å². The maximum Gasteiger partial charge on any atom is 0.288 e. The Morgan fingerprint density at radius 1 is 1.03 bits per heavy atom. The maximum atomic E-state index is 12.7. The van der Waals surface area contributed by atoms with Crippen molar-refractivity contribution in [2.24, 2.45) is 0 Å². The zero-order chi connectivity index (χ0) is 21.5. The number of benzene rings is 2. The number of halogens is 2. The molecule has 2 aromatic carbocycles. The number of thioether (sulfide) groups is 1. The van der Waals surface area contributed by atoms with Crippen molar-refractivity contribution in [2.45, 2.75) is 24.5 Å². The highest BCUT2D eigenvalue weighted by molar-refractivity contribution is 7.99. The van der Waals surface area contributed by atoms with Gasteiger partial charge in [-0.1, -0.05) is 23.9 Å². The minimum atomic E-state index is -2.59. The predicted octanol–water partition coefficient (Wildman–Crippen LogP) is 5.53. The number of aromatic nitrogens is 2. The van der Waals surface area contributed by atoms with Crippen LogP contribution in [0.25, 0.3) is 0 Å². The number of nitrogens with one attached hydrogen (secondary N) is 3. The summed E-state index contributed by atoms with van der Waals surface area (Å²) in [5.41, 5.74) is 1.54. The van der Waals surface area contributed by atoms with Gasteiger partial charge in [-0.2, -0.15) is 8.78 Å². The first-order chi connectivity index (χ1) is 14.4. The Kier molecular flexibility index (Phi) is 7.18. The van der Waals surface area contributed by atoms with Gasteiger partial charge in [-0.05, 0) is 50.2 Å². The largest absolute Gasteiger partial charge is 0.370 e. The molecule has 0 fully saturated rings. The Bertz CT molecular complexity index is 1010. The van der Waals surface area contributed by atoms with Crippen molar-refractivity contribution in [2.75, 3.05) is 22.5 Å². The van der Waals surface area contributed by atoms with Gasteiger partial charge in [-0.25, -0.2) is 9.97 Å². The molecule has 9 heteroatoms. The van der Waals surface area contributed by atoms with Gasteiger partial charge in [0.1, 0.15) is 17.5 Å². The van der Waals surface area contributed by atoms with Crippen LogP contribution in [0.1, 0.15) is 23.1 Å². The maximum absolute atomic E-state index is 12.7. The van der Waals surface area contributed by atoms with Crippen molar-refractivity contribution in [1.82, 2.24) is 9.97 Å². The summed E-state index contributed by atoms with van der Waals surface area (Å²) < 4.78 is 25.4. The minimum Gasteiger partial charge on any atom is -0.370 e. The standard InChI is InChI=1S/C21H21F2N5OS/c1-3-24-18-12-19(26-13(2)25-18)27-14-8-10-15(11-9-14)28-20(29)16-6-4-5-7-17(16)30-21(22)23/h4-12,21H,3H2,1-2H3,(H,28,29)(H2,24,25,26,27). The van der Waals surface area contributed by atoms with Crippen molar-refractivity contribution in [1.29, 1.82) is 0 Å². The van der Waals surface area contributed by atoms with Gasteiger partial charge in [0.15, 0.2) is 0 Å². The molecular formula is C21H21F2N5OS. The Morgan fingerprint density at radius 3 is 2.40 bits per heavy atom. The van der Waals surface area contributed by atoms with Crippen LogP contribution in [0.2, 0.25) is 0 Å². The summed E-state index contributed by atoms with van der Waals surface area (Å²) in [5, 5.41) is 9.08. The SMILES string of the molecule is CCNc1cc(Nc2ccc(NC(=O)c3ccccc3SC(F)F)cc2)nc(C)n1. The second kappa shape index (κ2) is 10.0. The number of carbonyl (C=O) groups excluding carboxylic acids is 1. The third-order valence-corrected chi connectivity index (χ3v) is 4.75. The first-order valence-electron chi connectivity index (χ1n) is 9.26. The van der Waals surface area contributed by atoms with E-state index >= 15 is 0 Å². The number of amides is 1. The summed E-state index contributed by atoms with van der Waals surface area (Å²) in [6.45, 7) is 4.56. The molecule has 1 aromatic heterocycles. The third kappa shape index (κ3) is 5.90. The quantitative estimate of drug-likeness (QED) is 0.409. The predicted molar refractivity (Wildman–Crippen MR) is 117 cm³/mol. The molecule has 0 unspecified atom stereocenters. The summed E-state index contributed by atoms with van der Waals surface area (Å²) in [6.07, 6.45) is 0. The van der Waals surface area contributed by atoms with E-state index in [4.69, 9.17) is 0 Å². The van der Waals surface area contributed by atoms with E-state index in [2.05, 4.69) is 25.9 Å². The van der Waals surface area contributed by atoms with Gasteiger partial charge < -0.3 is 16.0 Å². The molecule has 3 N–H and O–H groups in total. The van der Waals surface area contributed by atoms with E-state index in [9.17, 15) is 13.6 Å². The second-order valence-corrected chi connectivity index (χ2v) is 7.28. The molecule has 3 rings (SSSR count). The van der Waals surface area contributed by atoms with E-state index in [0.717, 1.165) is 18.1 Å². The van der Waals surface area contributed by atoms with Crippen LogP contribution in [-0.2, 0) is 0 Å². The number of hydrogen-bond acceptors (Lipinski definition) is 6.